The maximum absolute atomic E-state index is 11.4. The summed E-state index contributed by atoms with van der Waals surface area (Å²) in [5.41, 5.74) is 14.3. The van der Waals surface area contributed by atoms with Crippen LogP contribution in [0.25, 0.3) is 10.4 Å². The molecule has 0 saturated heterocycles. The number of nitrogens with two attached hydrogens (primary N) is 1. The molecular weight excluding hydrogens is 252 g/mol. The van der Waals surface area contributed by atoms with Crippen LogP contribution in [0.2, 0.25) is 0 Å². The van der Waals surface area contributed by atoms with E-state index in [0.29, 0.717) is 0 Å². The molecule has 8 nitrogen and oxygen atoms in total. The van der Waals surface area contributed by atoms with Crippen molar-refractivity contribution in [3.05, 3.63) is 39.8 Å². The van der Waals surface area contributed by atoms with Gasteiger partial charge < -0.3 is 20.7 Å². The molecule has 19 heavy (non-hydrogen) atoms. The monoisotopic (exact) mass is 266 g/mol. The Kier molecular flexibility index (Phi) is 5.13. The molecule has 0 aliphatic heterocycles. The Morgan fingerprint density at radius 1 is 1.58 bits per heavy atom. The highest BCUT2D eigenvalue weighted by molar-refractivity contribution is 5.95. The van der Waals surface area contributed by atoms with E-state index in [2.05, 4.69) is 14.8 Å². The number of methoxy groups -OCH3 is 1. The zero-order chi connectivity index (χ0) is 14.4. The molecule has 0 aliphatic carbocycles. The van der Waals surface area contributed by atoms with E-state index in [1.165, 1.54) is 25.3 Å². The number of carbonyl (C=O) groups is 1. The Labute approximate surface area is 109 Å². The highest BCUT2D eigenvalue weighted by atomic mass is 16.5. The van der Waals surface area contributed by atoms with Gasteiger partial charge in [0.25, 0.3) is 0 Å². The molecule has 2 unspecified atom stereocenters. The summed E-state index contributed by atoms with van der Waals surface area (Å²) in [5, 5.41) is 22.6. The standard InChI is InChI=1S/C11H14N4O4/c1-19-11(18)7-4-6(2-3-8(7)12)10(17)9(16)5-14-15-13/h2-4,9-10,16-17H,5,12H2,1H3. The largest absolute Gasteiger partial charge is 0.465 e. The molecule has 2 atom stereocenters. The van der Waals surface area contributed by atoms with E-state index in [4.69, 9.17) is 11.3 Å². The van der Waals surface area contributed by atoms with E-state index in [0.717, 1.165) is 0 Å². The molecular formula is C11H14N4O4. The smallest absolute Gasteiger partial charge is 0.339 e. The average molecular weight is 266 g/mol. The fourth-order valence-electron chi connectivity index (χ4n) is 1.49. The van der Waals surface area contributed by atoms with Gasteiger partial charge in [0, 0.05) is 10.6 Å². The lowest BCUT2D eigenvalue weighted by Gasteiger charge is -2.17. The topological polar surface area (TPSA) is 142 Å². The van der Waals surface area contributed by atoms with Crippen LogP contribution < -0.4 is 5.73 Å². The van der Waals surface area contributed by atoms with Gasteiger partial charge in [-0.3, -0.25) is 0 Å². The van der Waals surface area contributed by atoms with Gasteiger partial charge in [0.05, 0.1) is 25.3 Å². The van der Waals surface area contributed by atoms with Gasteiger partial charge in [-0.1, -0.05) is 11.2 Å². The van der Waals surface area contributed by atoms with Crippen molar-refractivity contribution >= 4 is 11.7 Å². The molecule has 0 fully saturated rings. The summed E-state index contributed by atoms with van der Waals surface area (Å²) in [5.74, 6) is -0.643. The number of ether oxygens (including phenoxy) is 1. The molecule has 0 aliphatic rings. The third-order valence-electron chi connectivity index (χ3n) is 2.52. The first kappa shape index (κ1) is 14.8. The van der Waals surface area contributed by atoms with Crippen LogP contribution >= 0.6 is 0 Å². The first-order valence-corrected chi connectivity index (χ1v) is 5.36. The van der Waals surface area contributed by atoms with Crippen molar-refractivity contribution in [3.8, 4) is 0 Å². The lowest BCUT2D eigenvalue weighted by Crippen LogP contribution is -2.21. The second-order valence-corrected chi connectivity index (χ2v) is 3.76. The minimum absolute atomic E-state index is 0.0926. The number of hydrogen-bond acceptors (Lipinski definition) is 6. The maximum Gasteiger partial charge on any atom is 0.339 e. The number of benzene rings is 1. The predicted octanol–water partition coefficient (Wildman–Crippen LogP) is 0.760. The van der Waals surface area contributed by atoms with Crippen LogP contribution in [-0.4, -0.2) is 35.9 Å². The number of hydrogen-bond donors (Lipinski definition) is 3. The van der Waals surface area contributed by atoms with Crippen molar-refractivity contribution in [1.29, 1.82) is 0 Å². The molecule has 0 saturated carbocycles. The van der Waals surface area contributed by atoms with Gasteiger partial charge in [-0.05, 0) is 23.2 Å². The zero-order valence-electron chi connectivity index (χ0n) is 10.2. The number of azide groups is 1. The minimum atomic E-state index is -1.30. The first-order chi connectivity index (χ1) is 9.01. The van der Waals surface area contributed by atoms with Crippen LogP contribution in [0.4, 0.5) is 5.69 Å². The SMILES string of the molecule is COC(=O)c1cc(C(O)C(O)CN=[N+]=[N-])ccc1N. The van der Waals surface area contributed by atoms with Gasteiger partial charge in [0.1, 0.15) is 6.10 Å². The Morgan fingerprint density at radius 2 is 2.26 bits per heavy atom. The number of anilines is 1. The molecule has 0 amide bonds. The van der Waals surface area contributed by atoms with Crippen molar-refractivity contribution in [2.24, 2.45) is 5.11 Å². The Hall–Kier alpha value is -2.28. The van der Waals surface area contributed by atoms with E-state index >= 15 is 0 Å². The second kappa shape index (κ2) is 6.60. The lowest BCUT2D eigenvalue weighted by molar-refractivity contribution is 0.0243. The van der Waals surface area contributed by atoms with Crippen LogP contribution in [0.5, 0.6) is 0 Å². The quantitative estimate of drug-likeness (QED) is 0.237. The fourth-order valence-corrected chi connectivity index (χ4v) is 1.49. The van der Waals surface area contributed by atoms with Gasteiger partial charge in [-0.25, -0.2) is 4.79 Å². The van der Waals surface area contributed by atoms with Crippen LogP contribution in [0.3, 0.4) is 0 Å². The second-order valence-electron chi connectivity index (χ2n) is 3.76. The van der Waals surface area contributed by atoms with Gasteiger partial charge in [-0.2, -0.15) is 0 Å². The summed E-state index contributed by atoms with van der Waals surface area (Å²) in [6.45, 7) is -0.282. The third-order valence-corrected chi connectivity index (χ3v) is 2.52. The van der Waals surface area contributed by atoms with Crippen LogP contribution in [-0.2, 0) is 4.74 Å². The van der Waals surface area contributed by atoms with Crippen LogP contribution in [0, 0.1) is 0 Å². The van der Waals surface area contributed by atoms with E-state index in [1.54, 1.807) is 0 Å². The summed E-state index contributed by atoms with van der Waals surface area (Å²) >= 11 is 0. The molecule has 0 heterocycles. The lowest BCUT2D eigenvalue weighted by atomic mass is 10.0. The highest BCUT2D eigenvalue weighted by Crippen LogP contribution is 2.22. The summed E-state index contributed by atoms with van der Waals surface area (Å²) < 4.78 is 4.55. The fraction of sp³-hybridized carbons (Fsp3) is 0.364. The average Bonchev–Trinajstić information content (AvgIpc) is 2.43. The Balaban J connectivity index is 3.01. The third kappa shape index (κ3) is 3.59. The van der Waals surface area contributed by atoms with Crippen molar-refractivity contribution in [2.45, 2.75) is 12.2 Å². The zero-order valence-corrected chi connectivity index (χ0v) is 10.2. The highest BCUT2D eigenvalue weighted by Gasteiger charge is 2.20. The van der Waals surface area contributed by atoms with Crippen molar-refractivity contribution < 1.29 is 19.7 Å². The first-order valence-electron chi connectivity index (χ1n) is 5.36. The number of nitrogens with zero attached hydrogens (tertiary/aromatic N) is 3. The Morgan fingerprint density at radius 3 is 2.84 bits per heavy atom. The van der Waals surface area contributed by atoms with Crippen molar-refractivity contribution in [3.63, 3.8) is 0 Å². The predicted molar refractivity (Wildman–Crippen MR) is 67.2 cm³/mol. The molecule has 0 bridgehead atoms. The number of rotatable bonds is 5. The minimum Gasteiger partial charge on any atom is -0.465 e. The molecule has 8 heteroatoms. The van der Waals surface area contributed by atoms with Gasteiger partial charge in [-0.15, -0.1) is 0 Å². The number of carbonyl (C=O) groups excluding carboxylic acids is 1. The molecule has 1 aromatic rings. The van der Waals surface area contributed by atoms with Gasteiger partial charge >= 0.3 is 5.97 Å². The summed E-state index contributed by atoms with van der Waals surface area (Å²) in [4.78, 5) is 13.9. The molecule has 1 rings (SSSR count). The van der Waals surface area contributed by atoms with Crippen LogP contribution in [0.1, 0.15) is 22.0 Å². The van der Waals surface area contributed by atoms with E-state index in [9.17, 15) is 15.0 Å². The molecule has 102 valence electrons. The molecule has 1 aromatic carbocycles. The van der Waals surface area contributed by atoms with Crippen molar-refractivity contribution in [1.82, 2.24) is 0 Å². The van der Waals surface area contributed by atoms with E-state index < -0.39 is 18.2 Å². The summed E-state index contributed by atoms with van der Waals surface area (Å²) in [7, 11) is 1.21. The molecule has 0 aromatic heterocycles. The number of nitrogen functional groups attached to an aromatic ring is 1. The maximum atomic E-state index is 11.4. The van der Waals surface area contributed by atoms with E-state index in [1.807, 2.05) is 0 Å². The molecule has 4 N–H and O–H groups in total. The number of esters is 1. The molecule has 0 spiro atoms. The number of aliphatic hydroxyl groups excluding tert-OH is 2. The van der Waals surface area contributed by atoms with Crippen molar-refractivity contribution in [2.75, 3.05) is 19.4 Å². The van der Waals surface area contributed by atoms with Gasteiger partial charge in [0.2, 0.25) is 0 Å². The number of aliphatic hydroxyl groups is 2. The summed E-state index contributed by atoms with van der Waals surface area (Å²) in [6.07, 6.45) is -2.57. The Bertz CT molecular complexity index is 513. The van der Waals surface area contributed by atoms with Gasteiger partial charge in [0.15, 0.2) is 0 Å². The summed E-state index contributed by atoms with van der Waals surface area (Å²) in [6, 6.07) is 4.21. The normalized spacial score (nSPS) is 13.2. The van der Waals surface area contributed by atoms with E-state index in [-0.39, 0.29) is 23.4 Å². The molecule has 0 radical (unpaired) electrons. The van der Waals surface area contributed by atoms with Crippen LogP contribution in [0.15, 0.2) is 23.3 Å².